The van der Waals surface area contributed by atoms with Gasteiger partial charge in [-0.25, -0.2) is 8.42 Å². The summed E-state index contributed by atoms with van der Waals surface area (Å²) < 4.78 is 24.1. The van der Waals surface area contributed by atoms with E-state index in [1.54, 1.807) is 30.3 Å². The number of rotatable bonds is 6. The molecule has 1 amide bonds. The fourth-order valence-electron chi connectivity index (χ4n) is 2.42. The summed E-state index contributed by atoms with van der Waals surface area (Å²) in [6.45, 7) is 1.27. The van der Waals surface area contributed by atoms with Crippen LogP contribution in [0.25, 0.3) is 0 Å². The molecule has 0 aliphatic carbocycles. The van der Waals surface area contributed by atoms with Crippen LogP contribution in [0.5, 0.6) is 0 Å². The van der Waals surface area contributed by atoms with Crippen LogP contribution < -0.4 is 10.6 Å². The van der Waals surface area contributed by atoms with E-state index in [0.717, 1.165) is 25.8 Å². The lowest BCUT2D eigenvalue weighted by molar-refractivity contribution is -0.123. The molecule has 0 aromatic heterocycles. The third-order valence-corrected chi connectivity index (χ3v) is 5.43. The van der Waals surface area contributed by atoms with E-state index in [0.29, 0.717) is 17.9 Å². The quantitative estimate of drug-likeness (QED) is 0.766. The molecule has 1 saturated heterocycles. The van der Waals surface area contributed by atoms with Gasteiger partial charge in [0.1, 0.15) is 0 Å². The Morgan fingerprint density at radius 1 is 1.23 bits per heavy atom. The van der Waals surface area contributed by atoms with E-state index in [-0.39, 0.29) is 30.1 Å². The van der Waals surface area contributed by atoms with Crippen LogP contribution >= 0.6 is 12.4 Å². The van der Waals surface area contributed by atoms with E-state index in [1.165, 1.54) is 0 Å². The summed E-state index contributed by atoms with van der Waals surface area (Å²) >= 11 is 0. The first-order valence-electron chi connectivity index (χ1n) is 7.38. The number of hydrogen-bond acceptors (Lipinski definition) is 4. The summed E-state index contributed by atoms with van der Waals surface area (Å²) in [5.74, 6) is 0.0295. The zero-order chi connectivity index (χ0) is 15.1. The molecular weight excluding hydrogens is 324 g/mol. The molecule has 22 heavy (non-hydrogen) atoms. The first-order chi connectivity index (χ1) is 10.1. The highest BCUT2D eigenvalue weighted by Gasteiger charge is 2.20. The van der Waals surface area contributed by atoms with Gasteiger partial charge in [0.15, 0.2) is 9.84 Å². The number of nitrogens with one attached hydrogen (secondary N) is 2. The van der Waals surface area contributed by atoms with Crippen LogP contribution in [0.4, 0.5) is 0 Å². The lowest BCUT2D eigenvalue weighted by Gasteiger charge is -2.22. The average molecular weight is 347 g/mol. The maximum Gasteiger partial charge on any atom is 0.237 e. The number of sulfone groups is 1. The minimum absolute atomic E-state index is 0. The van der Waals surface area contributed by atoms with Gasteiger partial charge in [-0.1, -0.05) is 24.6 Å². The molecule has 0 spiro atoms. The first kappa shape index (κ1) is 18.9. The Kier molecular flexibility index (Phi) is 7.85. The smallest absolute Gasteiger partial charge is 0.237 e. The van der Waals surface area contributed by atoms with Crippen LogP contribution in [-0.2, 0) is 14.6 Å². The minimum atomic E-state index is -3.25. The summed E-state index contributed by atoms with van der Waals surface area (Å²) in [7, 11) is -3.25. The molecule has 2 N–H and O–H groups in total. The summed E-state index contributed by atoms with van der Waals surface area (Å²) in [4.78, 5) is 12.2. The van der Waals surface area contributed by atoms with Crippen molar-refractivity contribution in [1.29, 1.82) is 0 Å². The fraction of sp³-hybridized carbons (Fsp3) is 0.533. The van der Waals surface area contributed by atoms with Crippen molar-refractivity contribution in [2.45, 2.75) is 36.6 Å². The van der Waals surface area contributed by atoms with E-state index >= 15 is 0 Å². The Morgan fingerprint density at radius 3 is 2.59 bits per heavy atom. The number of carbonyl (C=O) groups excluding carboxylic acids is 1. The maximum atomic E-state index is 12.1. The molecule has 1 fully saturated rings. The van der Waals surface area contributed by atoms with Gasteiger partial charge in [0.2, 0.25) is 5.91 Å². The topological polar surface area (TPSA) is 75.3 Å². The lowest BCUT2D eigenvalue weighted by Crippen LogP contribution is -2.46. The van der Waals surface area contributed by atoms with Crippen molar-refractivity contribution < 1.29 is 13.2 Å². The highest BCUT2D eigenvalue weighted by atomic mass is 35.5. The predicted molar refractivity (Wildman–Crippen MR) is 89.0 cm³/mol. The van der Waals surface area contributed by atoms with Crippen LogP contribution in [0.1, 0.15) is 25.7 Å². The van der Waals surface area contributed by atoms with Gasteiger partial charge in [-0.2, -0.15) is 0 Å². The SMILES string of the molecule is Cl.O=C(NCCCS(=O)(=O)c1ccccc1)C1CCCCN1. The standard InChI is InChI=1S/C15H22N2O3S.ClH/c18-15(14-9-4-5-10-16-14)17-11-6-12-21(19,20)13-7-2-1-3-8-13;/h1-3,7-8,14,16H,4-6,9-12H2,(H,17,18);1H. The summed E-state index contributed by atoms with van der Waals surface area (Å²) in [6, 6.07) is 8.28. The Hall–Kier alpha value is -1.11. The Labute approximate surface area is 138 Å². The largest absolute Gasteiger partial charge is 0.355 e. The number of benzene rings is 1. The number of hydrogen-bond donors (Lipinski definition) is 2. The van der Waals surface area contributed by atoms with Crippen molar-refractivity contribution in [3.05, 3.63) is 30.3 Å². The van der Waals surface area contributed by atoms with E-state index in [2.05, 4.69) is 10.6 Å². The fourth-order valence-corrected chi connectivity index (χ4v) is 3.75. The molecular formula is C15H23ClN2O3S. The van der Waals surface area contributed by atoms with Crippen LogP contribution in [0, 0.1) is 0 Å². The highest BCUT2D eigenvalue weighted by molar-refractivity contribution is 7.91. The Bertz CT molecular complexity index is 557. The number of piperidine rings is 1. The Balaban J connectivity index is 0.00000242. The summed E-state index contributed by atoms with van der Waals surface area (Å²) in [5, 5.41) is 5.98. The molecule has 1 aromatic rings. The second-order valence-corrected chi connectivity index (χ2v) is 7.39. The second kappa shape index (κ2) is 9.12. The van der Waals surface area contributed by atoms with E-state index < -0.39 is 9.84 Å². The molecule has 1 heterocycles. The maximum absolute atomic E-state index is 12.1. The van der Waals surface area contributed by atoms with Gasteiger partial charge >= 0.3 is 0 Å². The van der Waals surface area contributed by atoms with Gasteiger partial charge in [-0.15, -0.1) is 12.4 Å². The molecule has 2 rings (SSSR count). The van der Waals surface area contributed by atoms with Gasteiger partial charge in [0.25, 0.3) is 0 Å². The molecule has 1 atom stereocenters. The zero-order valence-electron chi connectivity index (χ0n) is 12.5. The molecule has 5 nitrogen and oxygen atoms in total. The first-order valence-corrected chi connectivity index (χ1v) is 9.04. The molecule has 1 aliphatic heterocycles. The minimum Gasteiger partial charge on any atom is -0.355 e. The number of amides is 1. The Morgan fingerprint density at radius 2 is 1.95 bits per heavy atom. The number of carbonyl (C=O) groups is 1. The monoisotopic (exact) mass is 346 g/mol. The average Bonchev–Trinajstić information content (AvgIpc) is 2.53. The predicted octanol–water partition coefficient (Wildman–Crippen LogP) is 1.53. The molecule has 1 aliphatic rings. The van der Waals surface area contributed by atoms with E-state index in [1.807, 2.05) is 0 Å². The van der Waals surface area contributed by atoms with Crippen molar-refractivity contribution in [2.75, 3.05) is 18.8 Å². The van der Waals surface area contributed by atoms with Crippen molar-refractivity contribution >= 4 is 28.2 Å². The second-order valence-electron chi connectivity index (χ2n) is 5.28. The van der Waals surface area contributed by atoms with Gasteiger partial charge < -0.3 is 10.6 Å². The van der Waals surface area contributed by atoms with Gasteiger partial charge in [0.05, 0.1) is 16.7 Å². The molecule has 1 aromatic carbocycles. The zero-order valence-corrected chi connectivity index (χ0v) is 14.1. The number of halogens is 1. The molecule has 0 bridgehead atoms. The van der Waals surface area contributed by atoms with Gasteiger partial charge in [-0.3, -0.25) is 4.79 Å². The molecule has 124 valence electrons. The van der Waals surface area contributed by atoms with Crippen molar-refractivity contribution in [3.63, 3.8) is 0 Å². The van der Waals surface area contributed by atoms with E-state index in [9.17, 15) is 13.2 Å². The summed E-state index contributed by atoms with van der Waals surface area (Å²) in [6.07, 6.45) is 3.45. The van der Waals surface area contributed by atoms with Crippen LogP contribution in [0.2, 0.25) is 0 Å². The van der Waals surface area contributed by atoms with Crippen LogP contribution in [0.15, 0.2) is 35.2 Å². The highest BCUT2D eigenvalue weighted by Crippen LogP contribution is 2.11. The van der Waals surface area contributed by atoms with Crippen molar-refractivity contribution in [2.24, 2.45) is 0 Å². The molecule has 0 saturated carbocycles. The van der Waals surface area contributed by atoms with E-state index in [4.69, 9.17) is 0 Å². The van der Waals surface area contributed by atoms with Crippen LogP contribution in [-0.4, -0.2) is 39.2 Å². The van der Waals surface area contributed by atoms with Gasteiger partial charge in [-0.05, 0) is 37.9 Å². The third kappa shape index (κ3) is 5.59. The molecule has 7 heteroatoms. The normalized spacial score (nSPS) is 18.3. The molecule has 0 radical (unpaired) electrons. The van der Waals surface area contributed by atoms with Crippen molar-refractivity contribution in [3.8, 4) is 0 Å². The van der Waals surface area contributed by atoms with Crippen molar-refractivity contribution in [1.82, 2.24) is 10.6 Å². The lowest BCUT2D eigenvalue weighted by atomic mass is 10.0. The molecule has 1 unspecified atom stereocenters. The summed E-state index contributed by atoms with van der Waals surface area (Å²) in [5.41, 5.74) is 0. The van der Waals surface area contributed by atoms with Crippen LogP contribution in [0.3, 0.4) is 0 Å². The van der Waals surface area contributed by atoms with Gasteiger partial charge in [0, 0.05) is 6.54 Å². The third-order valence-electron chi connectivity index (χ3n) is 3.62.